The van der Waals surface area contributed by atoms with Crippen LogP contribution in [0.2, 0.25) is 0 Å². The molecule has 0 fully saturated rings. The Morgan fingerprint density at radius 2 is 1.66 bits per heavy atom. The first-order valence-corrected chi connectivity index (χ1v) is 13.9. The number of ether oxygens (including phenoxy) is 2. The van der Waals surface area contributed by atoms with Crippen molar-refractivity contribution < 1.29 is 23.9 Å². The molecule has 0 unspecified atom stereocenters. The molecule has 3 aromatic carbocycles. The quantitative estimate of drug-likeness (QED) is 0.195. The summed E-state index contributed by atoms with van der Waals surface area (Å²) in [5, 5.41) is 14.8. The van der Waals surface area contributed by atoms with Crippen molar-refractivity contribution in [2.75, 3.05) is 24.8 Å². The predicted octanol–water partition coefficient (Wildman–Crippen LogP) is 4.73. The first kappa shape index (κ1) is 29.3. The smallest absolute Gasteiger partial charge is 0.338 e. The van der Waals surface area contributed by atoms with Gasteiger partial charge in [0.25, 0.3) is 5.91 Å². The molecule has 4 rings (SSSR count). The Morgan fingerprint density at radius 1 is 0.927 bits per heavy atom. The molecule has 0 aliphatic carbocycles. The number of esters is 1. The molecular weight excluding hydrogens is 542 g/mol. The zero-order chi connectivity index (χ0) is 29.4. The Kier molecular flexibility index (Phi) is 9.75. The van der Waals surface area contributed by atoms with Crippen LogP contribution in [-0.2, 0) is 16.1 Å². The summed E-state index contributed by atoms with van der Waals surface area (Å²) in [5.74, 6) is 0.189. The van der Waals surface area contributed by atoms with E-state index in [1.54, 1.807) is 48.9 Å². The van der Waals surface area contributed by atoms with Crippen LogP contribution in [0.15, 0.2) is 71.9 Å². The number of carbonyl (C=O) groups excluding carboxylic acids is 3. The van der Waals surface area contributed by atoms with Gasteiger partial charge in [0, 0.05) is 11.3 Å². The molecule has 2 amide bonds. The van der Waals surface area contributed by atoms with E-state index in [2.05, 4.69) is 20.8 Å². The van der Waals surface area contributed by atoms with Gasteiger partial charge in [-0.3, -0.25) is 14.2 Å². The molecule has 0 saturated carbocycles. The van der Waals surface area contributed by atoms with Crippen molar-refractivity contribution >= 4 is 35.2 Å². The van der Waals surface area contributed by atoms with E-state index in [0.717, 1.165) is 11.1 Å². The number of nitrogens with one attached hydrogen (secondary N) is 2. The van der Waals surface area contributed by atoms with E-state index in [1.165, 1.54) is 11.8 Å². The monoisotopic (exact) mass is 573 g/mol. The van der Waals surface area contributed by atoms with Gasteiger partial charge in [0.15, 0.2) is 11.0 Å². The van der Waals surface area contributed by atoms with Crippen LogP contribution in [0.3, 0.4) is 0 Å². The van der Waals surface area contributed by atoms with Crippen molar-refractivity contribution in [3.8, 4) is 11.4 Å². The summed E-state index contributed by atoms with van der Waals surface area (Å²) in [6, 6.07) is 19.4. The van der Waals surface area contributed by atoms with Crippen molar-refractivity contribution in [1.29, 1.82) is 0 Å². The molecule has 0 aliphatic heterocycles. The minimum atomic E-state index is -0.419. The summed E-state index contributed by atoms with van der Waals surface area (Å²) in [4.78, 5) is 37.5. The zero-order valence-electron chi connectivity index (χ0n) is 23.3. The van der Waals surface area contributed by atoms with E-state index >= 15 is 0 Å². The van der Waals surface area contributed by atoms with E-state index in [-0.39, 0.29) is 30.7 Å². The van der Waals surface area contributed by atoms with Crippen LogP contribution in [0, 0.1) is 13.8 Å². The molecule has 2 N–H and O–H groups in total. The second-order valence-corrected chi connectivity index (χ2v) is 9.96. The summed E-state index contributed by atoms with van der Waals surface area (Å²) in [6.45, 7) is 6.09. The lowest BCUT2D eigenvalue weighted by atomic mass is 10.1. The number of amides is 2. The third-order valence-electron chi connectivity index (χ3n) is 6.21. The van der Waals surface area contributed by atoms with E-state index < -0.39 is 5.97 Å². The lowest BCUT2D eigenvalue weighted by molar-refractivity contribution is -0.113. The van der Waals surface area contributed by atoms with Gasteiger partial charge in [-0.05, 0) is 80.4 Å². The van der Waals surface area contributed by atoms with Crippen LogP contribution in [0.1, 0.15) is 44.6 Å². The molecule has 0 bridgehead atoms. The highest BCUT2D eigenvalue weighted by atomic mass is 32.2. The van der Waals surface area contributed by atoms with Gasteiger partial charge in [0.2, 0.25) is 5.91 Å². The second kappa shape index (κ2) is 13.6. The Labute approximate surface area is 242 Å². The van der Waals surface area contributed by atoms with Gasteiger partial charge >= 0.3 is 5.97 Å². The van der Waals surface area contributed by atoms with E-state index in [1.807, 2.05) is 50.2 Å². The number of anilines is 1. The standard InChI is InChI=1S/C30H31N5O5S/c1-5-40-29(38)21-12-14-23(15-13-21)32-27(36)18-41-30-34-33-26(35(30)24-8-6-7-9-25(24)39-4)17-31-28(37)22-11-10-19(2)20(3)16-22/h6-16H,5,17-18H2,1-4H3,(H,31,37)(H,32,36). The first-order valence-electron chi connectivity index (χ1n) is 12.9. The summed E-state index contributed by atoms with van der Waals surface area (Å²) in [7, 11) is 1.57. The van der Waals surface area contributed by atoms with Gasteiger partial charge in [-0.1, -0.05) is 30.0 Å². The Hall–Kier alpha value is -4.64. The molecule has 0 spiro atoms. The Morgan fingerprint density at radius 3 is 2.37 bits per heavy atom. The summed E-state index contributed by atoms with van der Waals surface area (Å²) in [6.07, 6.45) is 0. The van der Waals surface area contributed by atoms with Gasteiger partial charge in [0.1, 0.15) is 5.75 Å². The molecule has 1 heterocycles. The lowest BCUT2D eigenvalue weighted by Crippen LogP contribution is -2.25. The van der Waals surface area contributed by atoms with Gasteiger partial charge in [-0.15, -0.1) is 10.2 Å². The molecule has 1 aromatic heterocycles. The summed E-state index contributed by atoms with van der Waals surface area (Å²) >= 11 is 1.19. The van der Waals surface area contributed by atoms with E-state index in [0.29, 0.717) is 39.2 Å². The molecule has 212 valence electrons. The first-order chi connectivity index (χ1) is 19.8. The number of hydrogen-bond acceptors (Lipinski definition) is 8. The molecule has 41 heavy (non-hydrogen) atoms. The summed E-state index contributed by atoms with van der Waals surface area (Å²) < 4.78 is 12.3. The molecule has 4 aromatic rings. The third-order valence-corrected chi connectivity index (χ3v) is 7.14. The highest BCUT2D eigenvalue weighted by Gasteiger charge is 2.20. The number of aryl methyl sites for hydroxylation is 2. The Balaban J connectivity index is 1.49. The number of benzene rings is 3. The number of para-hydroxylation sites is 2. The van der Waals surface area contributed by atoms with Crippen molar-refractivity contribution in [2.24, 2.45) is 0 Å². The van der Waals surface area contributed by atoms with Gasteiger partial charge in [-0.25, -0.2) is 4.79 Å². The predicted molar refractivity (Wildman–Crippen MR) is 157 cm³/mol. The SMILES string of the molecule is CCOC(=O)c1ccc(NC(=O)CSc2nnc(CNC(=O)c3ccc(C)c(C)c3)n2-c2ccccc2OC)cc1. The van der Waals surface area contributed by atoms with E-state index in [9.17, 15) is 14.4 Å². The van der Waals surface area contributed by atoms with Crippen LogP contribution >= 0.6 is 11.8 Å². The summed E-state index contributed by atoms with van der Waals surface area (Å²) in [5.41, 5.74) is 4.32. The minimum absolute atomic E-state index is 0.0436. The van der Waals surface area contributed by atoms with Gasteiger partial charge in [0.05, 0.1) is 37.3 Å². The molecule has 0 saturated heterocycles. The molecule has 0 aliphatic rings. The van der Waals surface area contributed by atoms with Crippen LogP contribution in [0.4, 0.5) is 5.69 Å². The topological polar surface area (TPSA) is 124 Å². The molecule has 0 radical (unpaired) electrons. The number of aromatic nitrogens is 3. The van der Waals surface area contributed by atoms with Crippen LogP contribution < -0.4 is 15.4 Å². The molecular formula is C30H31N5O5S. The largest absolute Gasteiger partial charge is 0.495 e. The number of rotatable bonds is 11. The average Bonchev–Trinajstić information content (AvgIpc) is 3.39. The van der Waals surface area contributed by atoms with Crippen LogP contribution in [-0.4, -0.2) is 52.0 Å². The van der Waals surface area contributed by atoms with Crippen LogP contribution in [0.25, 0.3) is 5.69 Å². The van der Waals surface area contributed by atoms with E-state index in [4.69, 9.17) is 9.47 Å². The molecule has 11 heteroatoms. The number of methoxy groups -OCH3 is 1. The second-order valence-electron chi connectivity index (χ2n) is 9.02. The van der Waals surface area contributed by atoms with Crippen molar-refractivity contribution in [3.63, 3.8) is 0 Å². The maximum atomic E-state index is 12.9. The third kappa shape index (κ3) is 7.31. The normalized spacial score (nSPS) is 10.6. The van der Waals surface area contributed by atoms with Crippen LogP contribution in [0.5, 0.6) is 5.75 Å². The fraction of sp³-hybridized carbons (Fsp3) is 0.233. The fourth-order valence-corrected chi connectivity index (χ4v) is 4.70. The molecule has 10 nitrogen and oxygen atoms in total. The maximum Gasteiger partial charge on any atom is 0.338 e. The lowest BCUT2D eigenvalue weighted by Gasteiger charge is -2.14. The van der Waals surface area contributed by atoms with Crippen molar-refractivity contribution in [1.82, 2.24) is 20.1 Å². The minimum Gasteiger partial charge on any atom is -0.495 e. The highest BCUT2D eigenvalue weighted by Crippen LogP contribution is 2.29. The average molecular weight is 574 g/mol. The van der Waals surface area contributed by atoms with Crippen molar-refractivity contribution in [3.05, 3.63) is 94.8 Å². The number of carbonyl (C=O) groups is 3. The zero-order valence-corrected chi connectivity index (χ0v) is 24.1. The number of nitrogens with zero attached hydrogens (tertiary/aromatic N) is 3. The molecule has 0 atom stereocenters. The fourth-order valence-electron chi connectivity index (χ4n) is 3.94. The maximum absolute atomic E-state index is 12.9. The highest BCUT2D eigenvalue weighted by molar-refractivity contribution is 7.99. The Bertz CT molecular complexity index is 1550. The van der Waals surface area contributed by atoms with Crippen molar-refractivity contribution in [2.45, 2.75) is 32.5 Å². The van der Waals surface area contributed by atoms with Gasteiger partial charge < -0.3 is 20.1 Å². The number of hydrogen-bond donors (Lipinski definition) is 2. The number of thioether (sulfide) groups is 1. The van der Waals surface area contributed by atoms with Gasteiger partial charge in [-0.2, -0.15) is 0 Å².